The molecule has 0 atom stereocenters. The lowest BCUT2D eigenvalue weighted by Crippen LogP contribution is -2.05. The first-order valence-electron chi connectivity index (χ1n) is 4.29. The number of alkyl halides is 1. The predicted octanol–water partition coefficient (Wildman–Crippen LogP) is 2.16. The molecule has 1 aromatic carbocycles. The van der Waals surface area contributed by atoms with Crippen molar-refractivity contribution in [3.05, 3.63) is 34.9 Å². The number of benzene rings is 1. The topological polar surface area (TPSA) is 34.1 Å². The summed E-state index contributed by atoms with van der Waals surface area (Å²) in [5, 5.41) is 0. The van der Waals surface area contributed by atoms with Gasteiger partial charge < -0.3 is 0 Å². The molecule has 0 saturated heterocycles. The Labute approximate surface area is 87.9 Å². The minimum Gasteiger partial charge on any atom is -0.298 e. The Bertz CT molecular complexity index is 358. The Kier molecular flexibility index (Phi) is 3.84. The van der Waals surface area contributed by atoms with Gasteiger partial charge in [0, 0.05) is 12.0 Å². The third kappa shape index (κ3) is 2.67. The molecule has 14 heavy (non-hydrogen) atoms. The zero-order valence-electron chi connectivity index (χ0n) is 7.92. The second-order valence-corrected chi connectivity index (χ2v) is 3.42. The molecule has 74 valence electrons. The summed E-state index contributed by atoms with van der Waals surface area (Å²) in [5.74, 6) is 0.0307. The van der Waals surface area contributed by atoms with Crippen molar-refractivity contribution in [2.45, 2.75) is 13.3 Å². The number of carbonyl (C=O) groups excluding carboxylic acids is 2. The van der Waals surface area contributed by atoms with Gasteiger partial charge in [-0.05, 0) is 24.1 Å². The van der Waals surface area contributed by atoms with Crippen LogP contribution in [0.3, 0.4) is 0 Å². The van der Waals surface area contributed by atoms with Crippen molar-refractivity contribution in [2.75, 3.05) is 5.88 Å². The molecule has 2 nitrogen and oxygen atoms in total. The van der Waals surface area contributed by atoms with Crippen molar-refractivity contribution < 1.29 is 9.59 Å². The molecule has 0 aliphatic heterocycles. The number of ketones is 1. The van der Waals surface area contributed by atoms with Crippen molar-refractivity contribution in [1.29, 1.82) is 0 Å². The van der Waals surface area contributed by atoms with Gasteiger partial charge in [-0.15, -0.1) is 11.6 Å². The zero-order chi connectivity index (χ0) is 10.6. The van der Waals surface area contributed by atoms with Crippen molar-refractivity contribution in [1.82, 2.24) is 0 Å². The molecule has 0 spiro atoms. The minimum absolute atomic E-state index is 0.00591. The summed E-state index contributed by atoms with van der Waals surface area (Å²) in [6.45, 7) is 1.88. The fourth-order valence-corrected chi connectivity index (χ4v) is 1.34. The Balaban J connectivity index is 2.89. The van der Waals surface area contributed by atoms with Crippen molar-refractivity contribution in [3.8, 4) is 0 Å². The second-order valence-electron chi connectivity index (χ2n) is 3.15. The average Bonchev–Trinajstić information content (AvgIpc) is 2.20. The number of hydrogen-bond acceptors (Lipinski definition) is 2. The SMILES string of the molecule is Cc1cc(C=O)ccc1CC(=O)CCl. The van der Waals surface area contributed by atoms with Crippen molar-refractivity contribution in [2.24, 2.45) is 0 Å². The van der Waals surface area contributed by atoms with Gasteiger partial charge in [0.05, 0.1) is 5.88 Å². The van der Waals surface area contributed by atoms with E-state index in [-0.39, 0.29) is 11.7 Å². The van der Waals surface area contributed by atoms with E-state index in [0.717, 1.165) is 17.4 Å². The summed E-state index contributed by atoms with van der Waals surface area (Å²) in [5.41, 5.74) is 2.51. The Morgan fingerprint density at radius 1 is 1.50 bits per heavy atom. The van der Waals surface area contributed by atoms with Crippen LogP contribution < -0.4 is 0 Å². The lowest BCUT2D eigenvalue weighted by Gasteiger charge is -2.04. The monoisotopic (exact) mass is 210 g/mol. The quantitative estimate of drug-likeness (QED) is 0.564. The van der Waals surface area contributed by atoms with Gasteiger partial charge in [0.2, 0.25) is 0 Å². The summed E-state index contributed by atoms with van der Waals surface area (Å²) >= 11 is 5.41. The Morgan fingerprint density at radius 3 is 2.71 bits per heavy atom. The van der Waals surface area contributed by atoms with Crippen LogP contribution in [0.15, 0.2) is 18.2 Å². The average molecular weight is 211 g/mol. The third-order valence-electron chi connectivity index (χ3n) is 2.04. The molecule has 0 aliphatic carbocycles. The molecule has 0 unspecified atom stereocenters. The van der Waals surface area contributed by atoms with Crippen LogP contribution in [0, 0.1) is 6.92 Å². The molecule has 0 heterocycles. The van der Waals surface area contributed by atoms with Crippen LogP contribution in [0.5, 0.6) is 0 Å². The maximum Gasteiger partial charge on any atom is 0.151 e. The standard InChI is InChI=1S/C11H11ClO2/c1-8-4-9(7-13)2-3-10(8)5-11(14)6-12/h2-4,7H,5-6H2,1H3. The van der Waals surface area contributed by atoms with Crippen LogP contribution in [0.4, 0.5) is 0 Å². The van der Waals surface area contributed by atoms with Gasteiger partial charge in [-0.3, -0.25) is 9.59 Å². The largest absolute Gasteiger partial charge is 0.298 e. The molecule has 3 heteroatoms. The lowest BCUT2D eigenvalue weighted by atomic mass is 10.0. The van der Waals surface area contributed by atoms with E-state index in [1.54, 1.807) is 18.2 Å². The van der Waals surface area contributed by atoms with Crippen LogP contribution in [-0.4, -0.2) is 17.9 Å². The van der Waals surface area contributed by atoms with E-state index >= 15 is 0 Å². The molecule has 0 saturated carbocycles. The number of Topliss-reactive ketones (excluding diaryl/α,β-unsaturated/α-hetero) is 1. The number of halogens is 1. The minimum atomic E-state index is -0.00591. The lowest BCUT2D eigenvalue weighted by molar-refractivity contribution is -0.116. The van der Waals surface area contributed by atoms with E-state index in [9.17, 15) is 9.59 Å². The van der Waals surface area contributed by atoms with Crippen molar-refractivity contribution >= 4 is 23.7 Å². The summed E-state index contributed by atoms with van der Waals surface area (Å²) < 4.78 is 0. The highest BCUT2D eigenvalue weighted by Crippen LogP contribution is 2.11. The van der Waals surface area contributed by atoms with Gasteiger partial charge in [-0.25, -0.2) is 0 Å². The highest BCUT2D eigenvalue weighted by molar-refractivity contribution is 6.27. The summed E-state index contributed by atoms with van der Waals surface area (Å²) in [6.07, 6.45) is 1.13. The second kappa shape index (κ2) is 4.91. The molecule has 0 bridgehead atoms. The first-order valence-corrected chi connectivity index (χ1v) is 4.83. The molecule has 0 amide bonds. The van der Waals surface area contributed by atoms with E-state index in [2.05, 4.69) is 0 Å². The van der Waals surface area contributed by atoms with Gasteiger partial charge in [-0.1, -0.05) is 12.1 Å². The van der Waals surface area contributed by atoms with Crippen LogP contribution >= 0.6 is 11.6 Å². The highest BCUT2D eigenvalue weighted by Gasteiger charge is 2.05. The fourth-order valence-electron chi connectivity index (χ4n) is 1.25. The first kappa shape index (κ1) is 10.9. The van der Waals surface area contributed by atoms with Gasteiger partial charge in [0.25, 0.3) is 0 Å². The molecule has 0 aliphatic rings. The zero-order valence-corrected chi connectivity index (χ0v) is 8.67. The summed E-state index contributed by atoms with van der Waals surface area (Å²) in [4.78, 5) is 21.5. The molecule has 1 aromatic rings. The van der Waals surface area contributed by atoms with E-state index in [4.69, 9.17) is 11.6 Å². The Morgan fingerprint density at radius 2 is 2.21 bits per heavy atom. The maximum absolute atomic E-state index is 11.1. The van der Waals surface area contributed by atoms with E-state index in [1.165, 1.54) is 0 Å². The van der Waals surface area contributed by atoms with Crippen LogP contribution in [0.25, 0.3) is 0 Å². The number of carbonyl (C=O) groups is 2. The molecule has 1 rings (SSSR count). The van der Waals surface area contributed by atoms with Crippen LogP contribution in [0.2, 0.25) is 0 Å². The molecule has 0 fully saturated rings. The highest BCUT2D eigenvalue weighted by atomic mass is 35.5. The van der Waals surface area contributed by atoms with Crippen LogP contribution in [-0.2, 0) is 11.2 Å². The van der Waals surface area contributed by atoms with Gasteiger partial charge >= 0.3 is 0 Å². The smallest absolute Gasteiger partial charge is 0.151 e. The van der Waals surface area contributed by atoms with Gasteiger partial charge in [0.1, 0.15) is 6.29 Å². The molecular formula is C11H11ClO2. The molecule has 0 N–H and O–H groups in total. The Hall–Kier alpha value is -1.15. The third-order valence-corrected chi connectivity index (χ3v) is 2.34. The molecular weight excluding hydrogens is 200 g/mol. The summed E-state index contributed by atoms with van der Waals surface area (Å²) in [6, 6.07) is 5.27. The van der Waals surface area contributed by atoms with Gasteiger partial charge in [-0.2, -0.15) is 0 Å². The molecule has 0 radical (unpaired) electrons. The van der Waals surface area contributed by atoms with E-state index in [0.29, 0.717) is 12.0 Å². The molecule has 0 aromatic heterocycles. The normalized spacial score (nSPS) is 9.86. The van der Waals surface area contributed by atoms with Gasteiger partial charge in [0.15, 0.2) is 5.78 Å². The summed E-state index contributed by atoms with van der Waals surface area (Å²) in [7, 11) is 0. The first-order chi connectivity index (χ1) is 6.67. The maximum atomic E-state index is 11.1. The number of hydrogen-bond donors (Lipinski definition) is 0. The number of aryl methyl sites for hydroxylation is 1. The van der Waals surface area contributed by atoms with Crippen LogP contribution in [0.1, 0.15) is 21.5 Å². The fraction of sp³-hybridized carbons (Fsp3) is 0.273. The van der Waals surface area contributed by atoms with E-state index < -0.39 is 0 Å². The van der Waals surface area contributed by atoms with E-state index in [1.807, 2.05) is 6.92 Å². The number of aldehydes is 1. The number of rotatable bonds is 4. The van der Waals surface area contributed by atoms with Crippen molar-refractivity contribution in [3.63, 3.8) is 0 Å². The predicted molar refractivity (Wildman–Crippen MR) is 56.0 cm³/mol.